The average molecular weight is 400 g/mol. The molecule has 154 valence electrons. The second-order valence-corrected chi connectivity index (χ2v) is 7.24. The molecule has 0 saturated carbocycles. The molecule has 4 rings (SSSR count). The number of anilines is 2. The topological polar surface area (TPSA) is 73.4 Å². The van der Waals surface area contributed by atoms with Gasteiger partial charge in [-0.15, -0.1) is 0 Å². The Morgan fingerprint density at radius 1 is 1.24 bits per heavy atom. The van der Waals surface area contributed by atoms with Gasteiger partial charge in [-0.2, -0.15) is 0 Å². The third-order valence-corrected chi connectivity index (χ3v) is 5.34. The van der Waals surface area contributed by atoms with Gasteiger partial charge in [0.2, 0.25) is 0 Å². The molecule has 0 radical (unpaired) electrons. The molecule has 29 heavy (non-hydrogen) atoms. The molecule has 2 fully saturated rings. The zero-order valence-corrected chi connectivity index (χ0v) is 16.2. The van der Waals surface area contributed by atoms with Crippen LogP contribution in [0.15, 0.2) is 42.7 Å². The van der Waals surface area contributed by atoms with Crippen molar-refractivity contribution in [1.82, 2.24) is 20.2 Å². The van der Waals surface area contributed by atoms with Gasteiger partial charge in [0.25, 0.3) is 5.91 Å². The number of halogens is 1. The highest BCUT2D eigenvalue weighted by Gasteiger charge is 2.31. The van der Waals surface area contributed by atoms with Gasteiger partial charge in [-0.1, -0.05) is 6.07 Å². The second-order valence-electron chi connectivity index (χ2n) is 7.24. The number of piperidine rings is 1. The predicted octanol–water partition coefficient (Wildman–Crippen LogP) is 1.94. The van der Waals surface area contributed by atoms with E-state index in [-0.39, 0.29) is 24.1 Å². The van der Waals surface area contributed by atoms with Crippen LogP contribution in [0.2, 0.25) is 0 Å². The van der Waals surface area contributed by atoms with Crippen molar-refractivity contribution in [2.45, 2.75) is 25.1 Å². The second kappa shape index (κ2) is 9.28. The summed E-state index contributed by atoms with van der Waals surface area (Å²) < 4.78 is 31.6. The van der Waals surface area contributed by atoms with E-state index in [1.54, 1.807) is 47.6 Å². The SMILES string of the molecule is [2H]C1([2H])CCN(C2CCNCC2F)CCN1c1cccc(C(=O)Nc2ccncc2)n1. The van der Waals surface area contributed by atoms with Gasteiger partial charge in [0.15, 0.2) is 0 Å². The molecule has 0 spiro atoms. The number of carbonyl (C=O) groups excluding carboxylic acids is 1. The molecule has 8 heteroatoms. The number of hydrogen-bond donors (Lipinski definition) is 2. The minimum Gasteiger partial charge on any atom is -0.355 e. The van der Waals surface area contributed by atoms with Gasteiger partial charge in [0.05, 0.1) is 0 Å². The summed E-state index contributed by atoms with van der Waals surface area (Å²) in [5.74, 6) is 0.0244. The molecule has 2 aromatic heterocycles. The van der Waals surface area contributed by atoms with E-state index in [0.29, 0.717) is 44.1 Å². The van der Waals surface area contributed by atoms with Gasteiger partial charge in [-0.05, 0) is 43.7 Å². The van der Waals surface area contributed by atoms with Crippen LogP contribution in [0, 0.1) is 0 Å². The maximum atomic E-state index is 14.4. The molecule has 7 nitrogen and oxygen atoms in total. The number of alkyl halides is 1. The van der Waals surface area contributed by atoms with Gasteiger partial charge in [0.1, 0.15) is 17.7 Å². The number of hydrogen-bond acceptors (Lipinski definition) is 6. The lowest BCUT2D eigenvalue weighted by molar-refractivity contribution is 0.0900. The standard InChI is InChI=1S/C21H27FN6O/c22-17-15-24-10-7-19(17)27-11-2-12-28(14-13-27)20-4-1-3-18(26-20)21(29)25-16-5-8-23-9-6-16/h1,3-6,8-9,17,19,24H,2,7,10-15H2,(H,23,25,29)/i12D2. The predicted molar refractivity (Wildman–Crippen MR) is 111 cm³/mol. The van der Waals surface area contributed by atoms with Crippen molar-refractivity contribution < 1.29 is 11.9 Å². The Labute approximate surface area is 173 Å². The molecule has 1 amide bonds. The van der Waals surface area contributed by atoms with E-state index in [2.05, 4.69) is 25.5 Å². The molecular formula is C21H27FN6O. The Hall–Kier alpha value is -2.58. The maximum Gasteiger partial charge on any atom is 0.274 e. The van der Waals surface area contributed by atoms with Crippen LogP contribution in [0.4, 0.5) is 15.9 Å². The Bertz CT molecular complexity index is 902. The van der Waals surface area contributed by atoms with Gasteiger partial charge < -0.3 is 15.5 Å². The summed E-state index contributed by atoms with van der Waals surface area (Å²) in [6.45, 7) is 0.853. The number of pyridine rings is 2. The third-order valence-electron chi connectivity index (χ3n) is 5.34. The van der Waals surface area contributed by atoms with Crippen LogP contribution in [0.5, 0.6) is 0 Å². The van der Waals surface area contributed by atoms with E-state index >= 15 is 0 Å². The first-order valence-corrected chi connectivity index (χ1v) is 9.99. The van der Waals surface area contributed by atoms with Crippen LogP contribution in [0.3, 0.4) is 0 Å². The summed E-state index contributed by atoms with van der Waals surface area (Å²) in [6, 6.07) is 8.18. The Kier molecular flexibility index (Phi) is 5.53. The summed E-state index contributed by atoms with van der Waals surface area (Å²) >= 11 is 0. The lowest BCUT2D eigenvalue weighted by Crippen LogP contribution is -2.52. The fourth-order valence-corrected chi connectivity index (χ4v) is 3.82. The van der Waals surface area contributed by atoms with Crippen LogP contribution in [0.1, 0.15) is 26.1 Å². The summed E-state index contributed by atoms with van der Waals surface area (Å²) in [5, 5.41) is 5.83. The minimum absolute atomic E-state index is 0.192. The van der Waals surface area contributed by atoms with Crippen LogP contribution in [-0.4, -0.2) is 72.2 Å². The van der Waals surface area contributed by atoms with Crippen molar-refractivity contribution in [3.63, 3.8) is 0 Å². The van der Waals surface area contributed by atoms with Crippen LogP contribution < -0.4 is 15.5 Å². The largest absolute Gasteiger partial charge is 0.355 e. The van der Waals surface area contributed by atoms with Crippen molar-refractivity contribution in [3.8, 4) is 0 Å². The normalized spacial score (nSPS) is 26.2. The molecule has 2 aliphatic heterocycles. The van der Waals surface area contributed by atoms with Crippen LogP contribution in [0.25, 0.3) is 0 Å². The molecule has 0 aromatic carbocycles. The molecule has 2 unspecified atom stereocenters. The number of carbonyl (C=O) groups is 1. The molecular weight excluding hydrogens is 371 g/mol. The number of rotatable bonds is 4. The Balaban J connectivity index is 1.50. The van der Waals surface area contributed by atoms with Gasteiger partial charge in [-0.3, -0.25) is 14.7 Å². The average Bonchev–Trinajstić information content (AvgIpc) is 2.93. The third kappa shape index (κ3) is 4.89. The number of nitrogens with one attached hydrogen (secondary N) is 2. The molecule has 0 aliphatic carbocycles. The molecule has 4 heterocycles. The molecule has 2 atom stereocenters. The van der Waals surface area contributed by atoms with E-state index in [0.717, 1.165) is 6.54 Å². The summed E-state index contributed by atoms with van der Waals surface area (Å²) in [7, 11) is 0. The number of nitrogens with zero attached hydrogens (tertiary/aromatic N) is 4. The van der Waals surface area contributed by atoms with Crippen molar-refractivity contribution in [2.24, 2.45) is 0 Å². The molecule has 2 N–H and O–H groups in total. The zero-order valence-electron chi connectivity index (χ0n) is 18.2. The maximum absolute atomic E-state index is 14.4. The van der Waals surface area contributed by atoms with E-state index in [1.807, 2.05) is 0 Å². The Morgan fingerprint density at radius 2 is 2.10 bits per heavy atom. The van der Waals surface area contributed by atoms with Gasteiger partial charge in [0, 0.05) is 59.5 Å². The van der Waals surface area contributed by atoms with E-state index in [1.165, 1.54) is 0 Å². The molecule has 0 bridgehead atoms. The highest BCUT2D eigenvalue weighted by molar-refractivity contribution is 6.03. The van der Waals surface area contributed by atoms with Crippen molar-refractivity contribution >= 4 is 17.4 Å². The highest BCUT2D eigenvalue weighted by atomic mass is 19.1. The lowest BCUT2D eigenvalue weighted by Gasteiger charge is -2.36. The number of amides is 1. The van der Waals surface area contributed by atoms with Crippen molar-refractivity contribution in [1.29, 1.82) is 0 Å². The summed E-state index contributed by atoms with van der Waals surface area (Å²) in [4.78, 5) is 24.6. The summed E-state index contributed by atoms with van der Waals surface area (Å²) in [5.41, 5.74) is 0.809. The Morgan fingerprint density at radius 3 is 2.93 bits per heavy atom. The summed E-state index contributed by atoms with van der Waals surface area (Å²) in [6.07, 6.45) is 3.17. The van der Waals surface area contributed by atoms with Crippen LogP contribution >= 0.6 is 0 Å². The number of aromatic nitrogens is 2. The van der Waals surface area contributed by atoms with Gasteiger partial charge >= 0.3 is 0 Å². The molecule has 2 aromatic rings. The van der Waals surface area contributed by atoms with Crippen molar-refractivity contribution in [3.05, 3.63) is 48.4 Å². The zero-order chi connectivity index (χ0) is 21.8. The quantitative estimate of drug-likeness (QED) is 0.817. The first-order valence-electron chi connectivity index (χ1n) is 11.0. The molecule has 2 aliphatic rings. The van der Waals surface area contributed by atoms with E-state index in [4.69, 9.17) is 2.74 Å². The minimum atomic E-state index is -1.65. The fraction of sp³-hybridized carbons (Fsp3) is 0.476. The first-order chi connectivity index (χ1) is 14.9. The van der Waals surface area contributed by atoms with E-state index in [9.17, 15) is 9.18 Å². The fourth-order valence-electron chi connectivity index (χ4n) is 3.82. The van der Waals surface area contributed by atoms with Gasteiger partial charge in [-0.25, -0.2) is 9.37 Å². The monoisotopic (exact) mass is 400 g/mol. The first kappa shape index (κ1) is 17.3. The highest BCUT2D eigenvalue weighted by Crippen LogP contribution is 2.20. The molecule has 2 saturated heterocycles. The smallest absolute Gasteiger partial charge is 0.274 e. The van der Waals surface area contributed by atoms with Crippen LogP contribution in [-0.2, 0) is 0 Å². The van der Waals surface area contributed by atoms with Crippen molar-refractivity contribution in [2.75, 3.05) is 49.4 Å². The van der Waals surface area contributed by atoms with E-state index < -0.39 is 12.7 Å². The lowest BCUT2D eigenvalue weighted by atomic mass is 10.0.